The van der Waals surface area contributed by atoms with Crippen LogP contribution in [0.3, 0.4) is 0 Å². The molecule has 17 nitrogen and oxygen atoms in total. The summed E-state index contributed by atoms with van der Waals surface area (Å²) < 4.78 is 62.8. The number of methoxy groups -OCH3 is 2. The minimum atomic E-state index is -4.29. The number of hydrogen-bond acceptors (Lipinski definition) is 15. The molecule has 1 amide bonds. The molecule has 72 heavy (non-hydrogen) atoms. The van der Waals surface area contributed by atoms with Gasteiger partial charge in [-0.3, -0.25) is 18.9 Å². The fourth-order valence-corrected chi connectivity index (χ4v) is 11.4. The molecule has 0 aromatic carbocycles. The second-order valence-corrected chi connectivity index (χ2v) is 22.9. The van der Waals surface area contributed by atoms with Crippen LogP contribution in [-0.4, -0.2) is 157 Å². The molecule has 2 saturated heterocycles. The molecule has 18 heteroatoms. The molecule has 0 aromatic heterocycles. The lowest BCUT2D eigenvalue weighted by molar-refractivity contribution is -0.264. The number of esters is 1. The van der Waals surface area contributed by atoms with Crippen LogP contribution in [0, 0.1) is 35.5 Å². The summed E-state index contributed by atoms with van der Waals surface area (Å²) in [6.07, 6.45) is 14.1. The number of nitrogens with zero attached hydrogens (tertiary/aromatic N) is 1. The predicted molar refractivity (Wildman–Crippen MR) is 273 cm³/mol. The average molecular weight is 1040 g/mol. The maximum Gasteiger partial charge on any atom is 0.329 e. The van der Waals surface area contributed by atoms with Gasteiger partial charge in [0.15, 0.2) is 5.78 Å². The second-order valence-electron chi connectivity index (χ2n) is 21.3. The Bertz CT molecular complexity index is 2010. The quantitative estimate of drug-likeness (QED) is 0.0666. The third-order valence-electron chi connectivity index (χ3n) is 15.4. The van der Waals surface area contributed by atoms with Crippen LogP contribution in [0.15, 0.2) is 47.6 Å². The molecule has 410 valence electrons. The highest BCUT2D eigenvalue weighted by molar-refractivity contribution is 7.85. The summed E-state index contributed by atoms with van der Waals surface area (Å²) in [7, 11) is -1.22. The topological polar surface area (TPSA) is 245 Å². The third-order valence-corrected chi connectivity index (χ3v) is 16.2. The first-order valence-corrected chi connectivity index (χ1v) is 28.0. The van der Waals surface area contributed by atoms with Crippen molar-refractivity contribution in [3.05, 3.63) is 47.6 Å². The van der Waals surface area contributed by atoms with Gasteiger partial charge in [0.1, 0.15) is 24.4 Å². The van der Waals surface area contributed by atoms with E-state index in [0.717, 1.165) is 24.8 Å². The van der Waals surface area contributed by atoms with Crippen molar-refractivity contribution in [3.8, 4) is 0 Å². The van der Waals surface area contributed by atoms with Gasteiger partial charge >= 0.3 is 5.97 Å². The molecule has 3 aliphatic heterocycles. The number of fused-ring (bicyclic) bond motifs is 3. The molecule has 0 aromatic rings. The Hall–Kier alpha value is -3.17. The van der Waals surface area contributed by atoms with E-state index in [9.17, 15) is 47.5 Å². The number of Topliss-reactive ketones (excluding diaryl/α,β-unsaturated/α-hetero) is 2. The average Bonchev–Trinajstić information content (AvgIpc) is 3.34. The molecule has 15 atom stereocenters. The number of cyclic esters (lactones) is 1. The Labute approximate surface area is 429 Å². The molecule has 0 unspecified atom stereocenters. The molecule has 0 spiro atoms. The molecule has 4 rings (SSSR count). The lowest BCUT2D eigenvalue weighted by atomic mass is 9.78. The molecule has 3 fully saturated rings. The first-order chi connectivity index (χ1) is 34.0. The van der Waals surface area contributed by atoms with E-state index in [0.29, 0.717) is 56.9 Å². The molecule has 5 N–H and O–H groups in total. The zero-order chi connectivity index (χ0) is 53.3. The second kappa shape index (κ2) is 29.2. The number of piperidine rings is 1. The molecule has 1 aliphatic carbocycles. The van der Waals surface area contributed by atoms with Gasteiger partial charge in [-0.15, -0.1) is 0 Å². The fourth-order valence-electron chi connectivity index (χ4n) is 11.0. The number of ether oxygens (including phenoxy) is 5. The minimum Gasteiger partial charge on any atom is -0.461 e. The third kappa shape index (κ3) is 18.0. The largest absolute Gasteiger partial charge is 0.461 e. The molecule has 0 radical (unpaired) electrons. The van der Waals surface area contributed by atoms with Crippen LogP contribution in [0.25, 0.3) is 0 Å². The number of amides is 1. The number of rotatable bonds is 12. The zero-order valence-corrected chi connectivity index (χ0v) is 45.2. The number of carbonyl (C=O) groups is 4. The van der Waals surface area contributed by atoms with Crippen molar-refractivity contribution in [2.75, 3.05) is 46.3 Å². The van der Waals surface area contributed by atoms with Crippen LogP contribution in [-0.2, 0) is 53.0 Å². The number of nitrogens with one attached hydrogen (secondary N) is 1. The number of carbonyl (C=O) groups excluding carboxylic acids is 4. The van der Waals surface area contributed by atoms with Crippen molar-refractivity contribution in [2.24, 2.45) is 35.5 Å². The van der Waals surface area contributed by atoms with Crippen LogP contribution in [0.2, 0.25) is 0 Å². The molecule has 1 saturated carbocycles. The van der Waals surface area contributed by atoms with Gasteiger partial charge in [-0.05, 0) is 127 Å². The van der Waals surface area contributed by atoms with Gasteiger partial charge in [-0.1, -0.05) is 76.6 Å². The van der Waals surface area contributed by atoms with Crippen molar-refractivity contribution in [3.63, 3.8) is 0 Å². The van der Waals surface area contributed by atoms with Crippen LogP contribution in [0.5, 0.6) is 0 Å². The highest BCUT2D eigenvalue weighted by Crippen LogP contribution is 2.38. The number of aliphatic hydroxyl groups excluding tert-OH is 2. The van der Waals surface area contributed by atoms with Crippen molar-refractivity contribution in [1.29, 1.82) is 0 Å². The van der Waals surface area contributed by atoms with Gasteiger partial charge in [0.05, 0.1) is 37.3 Å². The molecular weight excluding hydrogens is 949 g/mol. The summed E-state index contributed by atoms with van der Waals surface area (Å²) in [5, 5.41) is 36.2. The molecule has 4 aliphatic rings. The molecular formula is C54H88N2O15S. The molecule has 2 bridgehead atoms. The Kier molecular flexibility index (Phi) is 24.9. The normalized spacial score (nSPS) is 37.8. The first-order valence-electron chi connectivity index (χ1n) is 26.4. The standard InChI is InChI=1S/C54H88N2O15S/c1-34-15-11-10-12-16-36(3)43(55-24-28-72(64,65)66)33-42-21-19-40(7)54(63,71-42)51(60)52(61)56-25-14-13-17-44(56)53(62)70-45(37(4)31-41-20-23-46(69-27-26-57)47(32-41)67-8)22-18-35(2)30-39(6)49(59)50(68-9)48(58)38(5)29-34/h10-12,15-16,30,34-35,37-38,40-47,49-50,55,57,59,63H,13-14,17-29,31-33H2,1-9H3,(H,64,65,66)/b12-10+,15-11+,36-16+,39-30+/t34-,35+,37-,38-,40-,41+,42+,43-,44+,45+,46-,47-,49-,50+,54-/m1/s1. The summed E-state index contributed by atoms with van der Waals surface area (Å²) >= 11 is 0. The van der Waals surface area contributed by atoms with E-state index in [1.165, 1.54) is 12.0 Å². The monoisotopic (exact) mass is 1040 g/mol. The Morgan fingerprint density at radius 1 is 0.875 bits per heavy atom. The lowest BCUT2D eigenvalue weighted by Gasteiger charge is -2.43. The van der Waals surface area contributed by atoms with Crippen molar-refractivity contribution in [1.82, 2.24) is 10.2 Å². The highest BCUT2D eigenvalue weighted by atomic mass is 32.2. The van der Waals surface area contributed by atoms with Crippen molar-refractivity contribution < 1.29 is 71.2 Å². The van der Waals surface area contributed by atoms with Crippen LogP contribution in [0.4, 0.5) is 0 Å². The van der Waals surface area contributed by atoms with E-state index in [1.807, 2.05) is 65.0 Å². The van der Waals surface area contributed by atoms with Gasteiger partial charge in [0, 0.05) is 45.2 Å². The van der Waals surface area contributed by atoms with E-state index >= 15 is 0 Å². The van der Waals surface area contributed by atoms with Gasteiger partial charge in [0.2, 0.25) is 5.79 Å². The van der Waals surface area contributed by atoms with Crippen molar-refractivity contribution in [2.45, 2.75) is 186 Å². The smallest absolute Gasteiger partial charge is 0.329 e. The predicted octanol–water partition coefficient (Wildman–Crippen LogP) is 5.85. The summed E-state index contributed by atoms with van der Waals surface area (Å²) in [5.74, 6) is -7.37. The summed E-state index contributed by atoms with van der Waals surface area (Å²) in [6, 6.07) is -1.62. The highest BCUT2D eigenvalue weighted by Gasteiger charge is 2.53. The number of ketones is 2. The fraction of sp³-hybridized carbons (Fsp3) is 0.778. The number of allylic oxidation sites excluding steroid dienone is 6. The van der Waals surface area contributed by atoms with Crippen LogP contribution in [0.1, 0.15) is 132 Å². The Morgan fingerprint density at radius 2 is 1.61 bits per heavy atom. The number of aliphatic hydroxyl groups is 3. The Balaban J connectivity index is 1.70. The van der Waals surface area contributed by atoms with Gasteiger partial charge in [-0.25, -0.2) is 4.79 Å². The van der Waals surface area contributed by atoms with E-state index in [-0.39, 0.29) is 80.8 Å². The van der Waals surface area contributed by atoms with Gasteiger partial charge < -0.3 is 49.2 Å². The lowest BCUT2D eigenvalue weighted by Crippen LogP contribution is -2.61. The van der Waals surface area contributed by atoms with Gasteiger partial charge in [0.25, 0.3) is 21.8 Å². The maximum atomic E-state index is 14.5. The summed E-state index contributed by atoms with van der Waals surface area (Å²) in [5.41, 5.74) is 1.34. The Morgan fingerprint density at radius 3 is 2.29 bits per heavy atom. The van der Waals surface area contributed by atoms with Crippen molar-refractivity contribution >= 4 is 33.6 Å². The SMILES string of the molecule is CO[C@@H]1C[C@H](C[C@@H](C)[C@@H]2CC[C@H](C)/C=C(\C)[C@@H](O)[C@@H](OC)C(=O)[C@H](C)C[C@H](C)/C=C/C=C/C=C(\C)[C@H](NCCS(=O)(=O)O)C[C@@H]3CC[C@@H](C)[C@@](O)(O3)C(=O)C(=O)N3CCCC[C@H]3C(=O)O2)CC[C@H]1OCCO. The first kappa shape index (κ1) is 61.4. The number of hydrogen-bond donors (Lipinski definition) is 5. The van der Waals surface area contributed by atoms with E-state index in [2.05, 4.69) is 5.32 Å². The van der Waals surface area contributed by atoms with Crippen LogP contribution < -0.4 is 5.32 Å². The molecule has 3 heterocycles. The maximum absolute atomic E-state index is 14.5. The van der Waals surface area contributed by atoms with E-state index in [4.69, 9.17) is 23.7 Å². The summed E-state index contributed by atoms with van der Waals surface area (Å²) in [4.78, 5) is 58.3. The zero-order valence-electron chi connectivity index (χ0n) is 44.4. The van der Waals surface area contributed by atoms with E-state index < -0.39 is 87.7 Å². The van der Waals surface area contributed by atoms with Gasteiger partial charge in [-0.2, -0.15) is 8.42 Å². The van der Waals surface area contributed by atoms with Crippen LogP contribution >= 0.6 is 0 Å². The summed E-state index contributed by atoms with van der Waals surface area (Å²) in [6.45, 7) is 13.3. The van der Waals surface area contributed by atoms with E-state index in [1.54, 1.807) is 27.0 Å². The minimum absolute atomic E-state index is 0.0115.